The Morgan fingerprint density at radius 3 is 2.75 bits per heavy atom. The minimum atomic E-state index is 0.441. The van der Waals surface area contributed by atoms with Gasteiger partial charge in [0.25, 0.3) is 0 Å². The smallest absolute Gasteiger partial charge is 0.0882 e. The van der Waals surface area contributed by atoms with Crippen LogP contribution in [-0.2, 0) is 6.42 Å². The summed E-state index contributed by atoms with van der Waals surface area (Å²) in [4.78, 5) is 0. The zero-order valence-corrected chi connectivity index (χ0v) is 7.67. The molecule has 3 N–H and O–H groups in total. The molecule has 0 aliphatic rings. The van der Waals surface area contributed by atoms with Crippen molar-refractivity contribution in [3.8, 4) is 0 Å². The Hall–Kier alpha value is -0.900. The molecule has 4 heteroatoms. The second-order valence-corrected chi connectivity index (χ2v) is 3.20. The summed E-state index contributed by atoms with van der Waals surface area (Å²) >= 11 is 0. The van der Waals surface area contributed by atoms with Gasteiger partial charge in [0.1, 0.15) is 0 Å². The van der Waals surface area contributed by atoms with Gasteiger partial charge in [-0.3, -0.25) is 0 Å². The largest absolute Gasteiger partial charge is 0.330 e. The fourth-order valence-electron chi connectivity index (χ4n) is 1.18. The molecule has 1 aromatic heterocycles. The Balaban J connectivity index is 2.64. The third-order valence-electron chi connectivity index (χ3n) is 1.82. The third-order valence-corrected chi connectivity index (χ3v) is 1.82. The Bertz CT molecular complexity index is 229. The standard InChI is InChI=1S/C8H16N4/c1-6(2)8-7(4-3-5-9)10-12-11-8/h6H,3-5,9H2,1-2H3,(H,10,11,12). The first-order chi connectivity index (χ1) is 5.75. The van der Waals surface area contributed by atoms with Crippen LogP contribution in [-0.4, -0.2) is 22.0 Å². The van der Waals surface area contributed by atoms with Crippen LogP contribution < -0.4 is 5.73 Å². The van der Waals surface area contributed by atoms with E-state index in [1.165, 1.54) is 0 Å². The van der Waals surface area contributed by atoms with E-state index in [1.54, 1.807) is 0 Å². The molecule has 0 unspecified atom stereocenters. The van der Waals surface area contributed by atoms with Crippen LogP contribution in [0.4, 0.5) is 0 Å². The first-order valence-electron chi connectivity index (χ1n) is 4.35. The molecule has 1 rings (SSSR count). The number of hydrogen-bond acceptors (Lipinski definition) is 3. The predicted octanol–water partition coefficient (Wildman–Crippen LogP) is 0.819. The minimum Gasteiger partial charge on any atom is -0.330 e. The Morgan fingerprint density at radius 2 is 2.17 bits per heavy atom. The summed E-state index contributed by atoms with van der Waals surface area (Å²) in [6, 6.07) is 0. The van der Waals surface area contributed by atoms with E-state index >= 15 is 0 Å². The monoisotopic (exact) mass is 168 g/mol. The fourth-order valence-corrected chi connectivity index (χ4v) is 1.18. The van der Waals surface area contributed by atoms with Gasteiger partial charge in [-0.25, -0.2) is 0 Å². The van der Waals surface area contributed by atoms with Gasteiger partial charge in [0.2, 0.25) is 0 Å². The number of rotatable bonds is 4. The molecule has 0 aromatic carbocycles. The first-order valence-corrected chi connectivity index (χ1v) is 4.35. The normalized spacial score (nSPS) is 11.0. The van der Waals surface area contributed by atoms with Gasteiger partial charge in [0.15, 0.2) is 0 Å². The lowest BCUT2D eigenvalue weighted by molar-refractivity contribution is 0.766. The highest BCUT2D eigenvalue weighted by atomic mass is 15.3. The van der Waals surface area contributed by atoms with E-state index in [0.717, 1.165) is 24.2 Å². The molecule has 4 nitrogen and oxygen atoms in total. The summed E-state index contributed by atoms with van der Waals surface area (Å²) in [6.07, 6.45) is 1.91. The van der Waals surface area contributed by atoms with E-state index in [0.29, 0.717) is 12.5 Å². The highest BCUT2D eigenvalue weighted by Crippen LogP contribution is 2.14. The van der Waals surface area contributed by atoms with E-state index in [2.05, 4.69) is 29.3 Å². The van der Waals surface area contributed by atoms with Crippen molar-refractivity contribution in [2.75, 3.05) is 6.54 Å². The van der Waals surface area contributed by atoms with Crippen molar-refractivity contribution in [3.63, 3.8) is 0 Å². The van der Waals surface area contributed by atoms with Gasteiger partial charge in [-0.1, -0.05) is 13.8 Å². The number of nitrogens with one attached hydrogen (secondary N) is 1. The van der Waals surface area contributed by atoms with Crippen LogP contribution in [0.5, 0.6) is 0 Å². The molecule has 1 aromatic rings. The van der Waals surface area contributed by atoms with Gasteiger partial charge in [0.05, 0.1) is 11.4 Å². The lowest BCUT2D eigenvalue weighted by Gasteiger charge is -2.01. The quantitative estimate of drug-likeness (QED) is 0.699. The van der Waals surface area contributed by atoms with Gasteiger partial charge in [0, 0.05) is 0 Å². The Morgan fingerprint density at radius 1 is 1.42 bits per heavy atom. The molecule has 0 saturated carbocycles. The second kappa shape index (κ2) is 4.21. The van der Waals surface area contributed by atoms with Crippen molar-refractivity contribution in [2.24, 2.45) is 5.73 Å². The second-order valence-electron chi connectivity index (χ2n) is 3.20. The molecular weight excluding hydrogens is 152 g/mol. The summed E-state index contributed by atoms with van der Waals surface area (Å²) in [6.45, 7) is 4.94. The maximum absolute atomic E-state index is 5.41. The lowest BCUT2D eigenvalue weighted by Crippen LogP contribution is -2.03. The maximum Gasteiger partial charge on any atom is 0.0882 e. The number of hydrogen-bond donors (Lipinski definition) is 2. The average Bonchev–Trinajstić information content (AvgIpc) is 2.48. The topological polar surface area (TPSA) is 67.6 Å². The molecule has 0 fully saturated rings. The lowest BCUT2D eigenvalue weighted by atomic mass is 10.1. The summed E-state index contributed by atoms with van der Waals surface area (Å²) < 4.78 is 0. The number of nitrogens with two attached hydrogens (primary N) is 1. The van der Waals surface area contributed by atoms with Crippen LogP contribution in [0.25, 0.3) is 0 Å². The number of H-pyrrole nitrogens is 1. The average molecular weight is 168 g/mol. The van der Waals surface area contributed by atoms with Crippen molar-refractivity contribution in [1.82, 2.24) is 15.4 Å². The number of aryl methyl sites for hydroxylation is 1. The SMILES string of the molecule is CC(C)c1n[nH]nc1CCCN. The summed E-state index contributed by atoms with van der Waals surface area (Å²) in [5.74, 6) is 0.441. The van der Waals surface area contributed by atoms with Crippen molar-refractivity contribution in [1.29, 1.82) is 0 Å². The van der Waals surface area contributed by atoms with E-state index < -0.39 is 0 Å². The van der Waals surface area contributed by atoms with Gasteiger partial charge in [-0.2, -0.15) is 15.4 Å². The molecule has 0 aliphatic heterocycles. The van der Waals surface area contributed by atoms with E-state index in [-0.39, 0.29) is 0 Å². The van der Waals surface area contributed by atoms with Gasteiger partial charge in [-0.15, -0.1) is 0 Å². The summed E-state index contributed by atoms with van der Waals surface area (Å²) in [5, 5.41) is 10.8. The molecule has 0 bridgehead atoms. The van der Waals surface area contributed by atoms with Crippen molar-refractivity contribution in [3.05, 3.63) is 11.4 Å². The maximum atomic E-state index is 5.41. The third kappa shape index (κ3) is 2.04. The highest BCUT2D eigenvalue weighted by molar-refractivity contribution is 5.12. The van der Waals surface area contributed by atoms with Crippen LogP contribution in [0.1, 0.15) is 37.6 Å². The minimum absolute atomic E-state index is 0.441. The van der Waals surface area contributed by atoms with Gasteiger partial charge in [-0.05, 0) is 25.3 Å². The fraction of sp³-hybridized carbons (Fsp3) is 0.750. The van der Waals surface area contributed by atoms with E-state index in [9.17, 15) is 0 Å². The van der Waals surface area contributed by atoms with Crippen LogP contribution in [0, 0.1) is 0 Å². The Kier molecular flexibility index (Phi) is 3.22. The molecule has 68 valence electrons. The first kappa shape index (κ1) is 9.19. The van der Waals surface area contributed by atoms with Crippen LogP contribution in [0.2, 0.25) is 0 Å². The predicted molar refractivity (Wildman–Crippen MR) is 47.8 cm³/mol. The van der Waals surface area contributed by atoms with Crippen molar-refractivity contribution < 1.29 is 0 Å². The van der Waals surface area contributed by atoms with Crippen LogP contribution in [0.3, 0.4) is 0 Å². The molecule has 0 aliphatic carbocycles. The molecular formula is C8H16N4. The number of nitrogens with zero attached hydrogens (tertiary/aromatic N) is 2. The molecule has 0 amide bonds. The van der Waals surface area contributed by atoms with Crippen molar-refractivity contribution >= 4 is 0 Å². The molecule has 1 heterocycles. The van der Waals surface area contributed by atoms with E-state index in [1.807, 2.05) is 0 Å². The van der Waals surface area contributed by atoms with Crippen LogP contribution >= 0.6 is 0 Å². The Labute approximate surface area is 72.5 Å². The summed E-state index contributed by atoms with van der Waals surface area (Å²) in [7, 11) is 0. The molecule has 0 saturated heterocycles. The summed E-state index contributed by atoms with van der Waals surface area (Å²) in [5.41, 5.74) is 7.55. The van der Waals surface area contributed by atoms with Gasteiger partial charge < -0.3 is 5.73 Å². The highest BCUT2D eigenvalue weighted by Gasteiger charge is 2.09. The zero-order chi connectivity index (χ0) is 8.97. The van der Waals surface area contributed by atoms with Gasteiger partial charge >= 0.3 is 0 Å². The molecule has 0 spiro atoms. The molecule has 12 heavy (non-hydrogen) atoms. The van der Waals surface area contributed by atoms with Crippen molar-refractivity contribution in [2.45, 2.75) is 32.6 Å². The number of aromatic nitrogens is 3. The molecule has 0 atom stereocenters. The van der Waals surface area contributed by atoms with E-state index in [4.69, 9.17) is 5.73 Å². The number of aromatic amines is 1. The zero-order valence-electron chi connectivity index (χ0n) is 7.67. The molecule has 0 radical (unpaired) electrons. The van der Waals surface area contributed by atoms with Crippen LogP contribution in [0.15, 0.2) is 0 Å².